The van der Waals surface area contributed by atoms with Crippen LogP contribution in [0.25, 0.3) is 6.08 Å². The van der Waals surface area contributed by atoms with Gasteiger partial charge >= 0.3 is 0 Å². The molecule has 0 aliphatic carbocycles. The van der Waals surface area contributed by atoms with E-state index in [9.17, 15) is 4.79 Å². The number of morpholine rings is 1. The standard InChI is InChI=1S/C26H34N2O4/c1-3-4-5-6-17-32-24-13-7-21(20-25(24)30-2)8-14-26(29)27-22-9-11-23(12-10-22)28-15-18-31-19-16-28/h7-14,20H,3-6,15-19H2,1-2H3,(H,27,29)/b14-8+. The largest absolute Gasteiger partial charge is 0.493 e. The Balaban J connectivity index is 1.51. The van der Waals surface area contributed by atoms with Gasteiger partial charge in [0.15, 0.2) is 11.5 Å². The minimum Gasteiger partial charge on any atom is -0.493 e. The Morgan fingerprint density at radius 1 is 1.06 bits per heavy atom. The van der Waals surface area contributed by atoms with Gasteiger partial charge in [-0.15, -0.1) is 0 Å². The van der Waals surface area contributed by atoms with E-state index < -0.39 is 0 Å². The number of hydrogen-bond acceptors (Lipinski definition) is 5. The van der Waals surface area contributed by atoms with Crippen LogP contribution in [0.1, 0.15) is 38.2 Å². The van der Waals surface area contributed by atoms with Crippen LogP contribution < -0.4 is 19.7 Å². The van der Waals surface area contributed by atoms with E-state index >= 15 is 0 Å². The van der Waals surface area contributed by atoms with Gasteiger partial charge in [-0.05, 0) is 54.5 Å². The zero-order valence-corrected chi connectivity index (χ0v) is 19.1. The summed E-state index contributed by atoms with van der Waals surface area (Å²) < 4.78 is 16.7. The predicted molar refractivity (Wildman–Crippen MR) is 130 cm³/mol. The summed E-state index contributed by atoms with van der Waals surface area (Å²) in [5, 5.41) is 2.90. The molecule has 2 aromatic rings. The first kappa shape index (κ1) is 23.7. The Bertz CT molecular complexity index is 874. The highest BCUT2D eigenvalue weighted by atomic mass is 16.5. The van der Waals surface area contributed by atoms with Crippen molar-refractivity contribution in [2.45, 2.75) is 32.6 Å². The molecule has 0 saturated carbocycles. The fraction of sp³-hybridized carbons (Fsp3) is 0.423. The summed E-state index contributed by atoms with van der Waals surface area (Å²) in [6.07, 6.45) is 7.93. The summed E-state index contributed by atoms with van der Waals surface area (Å²) in [5.74, 6) is 1.21. The summed E-state index contributed by atoms with van der Waals surface area (Å²) in [5.41, 5.74) is 2.78. The van der Waals surface area contributed by atoms with E-state index in [-0.39, 0.29) is 5.91 Å². The van der Waals surface area contributed by atoms with Gasteiger partial charge in [0.2, 0.25) is 5.91 Å². The van der Waals surface area contributed by atoms with Gasteiger partial charge in [0, 0.05) is 30.5 Å². The first-order valence-electron chi connectivity index (χ1n) is 11.4. The average Bonchev–Trinajstić information content (AvgIpc) is 2.84. The normalized spacial score (nSPS) is 13.9. The van der Waals surface area contributed by atoms with E-state index in [1.54, 1.807) is 13.2 Å². The molecule has 1 fully saturated rings. The van der Waals surface area contributed by atoms with Crippen molar-refractivity contribution in [3.63, 3.8) is 0 Å². The van der Waals surface area contributed by atoms with Crippen LogP contribution in [-0.2, 0) is 9.53 Å². The third-order valence-corrected chi connectivity index (χ3v) is 5.38. The SMILES string of the molecule is CCCCCCOc1ccc(/C=C/C(=O)Nc2ccc(N3CCOCC3)cc2)cc1OC. The lowest BCUT2D eigenvalue weighted by molar-refractivity contribution is -0.111. The van der Waals surface area contributed by atoms with Crippen molar-refractivity contribution in [3.05, 3.63) is 54.1 Å². The molecule has 1 amide bonds. The molecule has 2 aromatic carbocycles. The number of unbranched alkanes of at least 4 members (excludes halogenated alkanes) is 3. The molecule has 1 saturated heterocycles. The highest BCUT2D eigenvalue weighted by Crippen LogP contribution is 2.29. The van der Waals surface area contributed by atoms with Crippen molar-refractivity contribution < 1.29 is 19.0 Å². The van der Waals surface area contributed by atoms with Crippen LogP contribution in [0.2, 0.25) is 0 Å². The van der Waals surface area contributed by atoms with E-state index in [0.717, 1.165) is 55.4 Å². The van der Waals surface area contributed by atoms with Crippen LogP contribution in [-0.4, -0.2) is 45.9 Å². The number of nitrogens with one attached hydrogen (secondary N) is 1. The van der Waals surface area contributed by atoms with Crippen molar-refractivity contribution >= 4 is 23.4 Å². The molecule has 32 heavy (non-hydrogen) atoms. The van der Waals surface area contributed by atoms with Gasteiger partial charge < -0.3 is 24.4 Å². The molecule has 0 unspecified atom stereocenters. The van der Waals surface area contributed by atoms with Gasteiger partial charge in [-0.3, -0.25) is 4.79 Å². The number of carbonyl (C=O) groups is 1. The highest BCUT2D eigenvalue weighted by molar-refractivity contribution is 6.02. The molecule has 1 heterocycles. The van der Waals surface area contributed by atoms with Gasteiger partial charge in [-0.1, -0.05) is 32.3 Å². The minimum atomic E-state index is -0.181. The number of anilines is 2. The maximum Gasteiger partial charge on any atom is 0.248 e. The number of benzene rings is 2. The summed E-state index contributed by atoms with van der Waals surface area (Å²) in [4.78, 5) is 14.6. The molecule has 0 radical (unpaired) electrons. The summed E-state index contributed by atoms with van der Waals surface area (Å²) >= 11 is 0. The van der Waals surface area contributed by atoms with E-state index in [1.165, 1.54) is 25.3 Å². The van der Waals surface area contributed by atoms with Gasteiger partial charge in [0.05, 0.1) is 26.9 Å². The second kappa shape index (κ2) is 12.8. The molecule has 0 aromatic heterocycles. The Kier molecular flexibility index (Phi) is 9.44. The van der Waals surface area contributed by atoms with Crippen molar-refractivity contribution in [2.75, 3.05) is 50.2 Å². The van der Waals surface area contributed by atoms with Crippen LogP contribution in [0.15, 0.2) is 48.5 Å². The van der Waals surface area contributed by atoms with Gasteiger partial charge in [-0.2, -0.15) is 0 Å². The van der Waals surface area contributed by atoms with Crippen molar-refractivity contribution in [1.82, 2.24) is 0 Å². The minimum absolute atomic E-state index is 0.181. The monoisotopic (exact) mass is 438 g/mol. The van der Waals surface area contributed by atoms with Crippen LogP contribution >= 0.6 is 0 Å². The molecule has 1 aliphatic heterocycles. The van der Waals surface area contributed by atoms with Crippen molar-refractivity contribution in [1.29, 1.82) is 0 Å². The molecule has 1 N–H and O–H groups in total. The second-order valence-corrected chi connectivity index (χ2v) is 7.79. The molecule has 6 heteroatoms. The number of carbonyl (C=O) groups excluding carboxylic acids is 1. The first-order valence-corrected chi connectivity index (χ1v) is 11.4. The fourth-order valence-corrected chi connectivity index (χ4v) is 3.55. The maximum absolute atomic E-state index is 12.3. The fourth-order valence-electron chi connectivity index (χ4n) is 3.55. The van der Waals surface area contributed by atoms with Crippen molar-refractivity contribution in [3.8, 4) is 11.5 Å². The Hall–Kier alpha value is -2.99. The lowest BCUT2D eigenvalue weighted by Crippen LogP contribution is -2.36. The highest BCUT2D eigenvalue weighted by Gasteiger charge is 2.11. The van der Waals surface area contributed by atoms with E-state index in [4.69, 9.17) is 14.2 Å². The summed E-state index contributed by atoms with van der Waals surface area (Å²) in [6.45, 7) is 6.15. The van der Waals surface area contributed by atoms with Crippen molar-refractivity contribution in [2.24, 2.45) is 0 Å². The first-order chi connectivity index (χ1) is 15.7. The number of amides is 1. The van der Waals surface area contributed by atoms with E-state index in [0.29, 0.717) is 12.4 Å². The Morgan fingerprint density at radius 3 is 2.56 bits per heavy atom. The zero-order chi connectivity index (χ0) is 22.6. The Morgan fingerprint density at radius 2 is 1.84 bits per heavy atom. The summed E-state index contributed by atoms with van der Waals surface area (Å²) in [7, 11) is 1.63. The number of rotatable bonds is 11. The zero-order valence-electron chi connectivity index (χ0n) is 19.1. The topological polar surface area (TPSA) is 60.0 Å². The quantitative estimate of drug-likeness (QED) is 0.389. The summed E-state index contributed by atoms with van der Waals surface area (Å²) in [6, 6.07) is 13.6. The lowest BCUT2D eigenvalue weighted by Gasteiger charge is -2.28. The number of ether oxygens (including phenoxy) is 3. The van der Waals surface area contributed by atoms with E-state index in [1.807, 2.05) is 42.5 Å². The molecule has 0 atom stereocenters. The Labute approximate surface area is 191 Å². The van der Waals surface area contributed by atoms with Gasteiger partial charge in [-0.25, -0.2) is 0 Å². The molecule has 0 bridgehead atoms. The predicted octanol–water partition coefficient (Wildman–Crippen LogP) is 5.14. The molecule has 1 aliphatic rings. The van der Waals surface area contributed by atoms with Gasteiger partial charge in [0.25, 0.3) is 0 Å². The number of hydrogen-bond donors (Lipinski definition) is 1. The molecular formula is C26H34N2O4. The number of methoxy groups -OCH3 is 1. The smallest absolute Gasteiger partial charge is 0.248 e. The second-order valence-electron chi connectivity index (χ2n) is 7.79. The lowest BCUT2D eigenvalue weighted by atomic mass is 10.2. The molecule has 6 nitrogen and oxygen atoms in total. The molecular weight excluding hydrogens is 404 g/mol. The third-order valence-electron chi connectivity index (χ3n) is 5.38. The van der Waals surface area contributed by atoms with Crippen LogP contribution in [0.4, 0.5) is 11.4 Å². The van der Waals surface area contributed by atoms with Crippen LogP contribution in [0.3, 0.4) is 0 Å². The van der Waals surface area contributed by atoms with Gasteiger partial charge in [0.1, 0.15) is 0 Å². The van der Waals surface area contributed by atoms with Crippen LogP contribution in [0, 0.1) is 0 Å². The third kappa shape index (κ3) is 7.31. The molecule has 0 spiro atoms. The van der Waals surface area contributed by atoms with Crippen LogP contribution in [0.5, 0.6) is 11.5 Å². The number of nitrogens with zero attached hydrogens (tertiary/aromatic N) is 1. The van der Waals surface area contributed by atoms with E-state index in [2.05, 4.69) is 17.1 Å². The average molecular weight is 439 g/mol. The maximum atomic E-state index is 12.3. The molecule has 172 valence electrons. The molecule has 3 rings (SSSR count).